The Labute approximate surface area is 205 Å². The third-order valence-electron chi connectivity index (χ3n) is 4.25. The molecule has 0 spiro atoms. The van der Waals surface area contributed by atoms with Gasteiger partial charge in [-0.3, -0.25) is 4.79 Å². The van der Waals surface area contributed by atoms with Gasteiger partial charge in [0.1, 0.15) is 0 Å². The van der Waals surface area contributed by atoms with Crippen molar-refractivity contribution in [3.63, 3.8) is 0 Å². The topological polar surface area (TPSA) is 112 Å². The first-order valence-corrected chi connectivity index (χ1v) is 11.6. The van der Waals surface area contributed by atoms with Crippen molar-refractivity contribution < 1.29 is 19.0 Å². The van der Waals surface area contributed by atoms with E-state index in [2.05, 4.69) is 41.9 Å². The highest BCUT2D eigenvalue weighted by Crippen LogP contribution is 2.42. The van der Waals surface area contributed by atoms with Crippen LogP contribution in [0.5, 0.6) is 11.5 Å². The fraction of sp³-hybridized carbons (Fsp3) is 0.273. The Morgan fingerprint density at radius 1 is 1.18 bits per heavy atom. The molecule has 0 aliphatic heterocycles. The van der Waals surface area contributed by atoms with Crippen LogP contribution in [0.2, 0.25) is 0 Å². The largest absolute Gasteiger partial charge is 0.490 e. The highest BCUT2D eigenvalue weighted by atomic mass is 79.9. The second kappa shape index (κ2) is 10.8. The quantitative estimate of drug-likeness (QED) is 0.319. The highest BCUT2D eigenvalue weighted by molar-refractivity contribution is 9.13. The maximum atomic E-state index is 12.7. The smallest absolute Gasteiger partial charge is 0.349 e. The molecule has 0 unspecified atom stereocenters. The van der Waals surface area contributed by atoms with Gasteiger partial charge in [-0.25, -0.2) is 9.59 Å². The molecule has 0 aliphatic rings. The van der Waals surface area contributed by atoms with Crippen LogP contribution in [0.3, 0.4) is 0 Å². The molecule has 2 aromatic carbocycles. The first kappa shape index (κ1) is 24.7. The van der Waals surface area contributed by atoms with Gasteiger partial charge >= 0.3 is 11.7 Å². The number of carbonyl (C=O) groups is 1. The first-order valence-electron chi connectivity index (χ1n) is 9.98. The number of ether oxygens (including phenoxy) is 3. The van der Waals surface area contributed by atoms with Crippen LogP contribution < -0.4 is 20.7 Å². The Hall–Kier alpha value is -2.92. The minimum atomic E-state index is -0.668. The molecule has 0 amide bonds. The Morgan fingerprint density at radius 2 is 1.91 bits per heavy atom. The molecule has 0 radical (unpaired) electrons. The predicted molar refractivity (Wildman–Crippen MR) is 132 cm³/mol. The molecule has 3 aromatic rings. The molecule has 0 saturated carbocycles. The van der Waals surface area contributed by atoms with E-state index in [4.69, 9.17) is 14.2 Å². The van der Waals surface area contributed by atoms with Gasteiger partial charge in [-0.05, 0) is 70.8 Å². The molecular weight excluding hydrogens is 562 g/mol. The van der Waals surface area contributed by atoms with E-state index in [9.17, 15) is 14.4 Å². The zero-order chi connectivity index (χ0) is 24.1. The van der Waals surface area contributed by atoms with Gasteiger partial charge in [0.2, 0.25) is 0 Å². The number of fused-ring (bicyclic) bond motifs is 1. The molecule has 0 fully saturated rings. The number of benzene rings is 2. The van der Waals surface area contributed by atoms with E-state index in [1.165, 1.54) is 6.21 Å². The van der Waals surface area contributed by atoms with Crippen molar-refractivity contribution in [3.8, 4) is 11.5 Å². The van der Waals surface area contributed by atoms with E-state index >= 15 is 0 Å². The number of aromatic nitrogens is 2. The molecule has 0 aliphatic carbocycles. The van der Waals surface area contributed by atoms with Crippen molar-refractivity contribution in [2.75, 3.05) is 13.2 Å². The average Bonchev–Trinajstić information content (AvgIpc) is 2.76. The molecule has 3 rings (SSSR count). The van der Waals surface area contributed by atoms with Crippen LogP contribution in [0.1, 0.15) is 26.3 Å². The lowest BCUT2D eigenvalue weighted by Gasteiger charge is -2.16. The molecule has 0 saturated heterocycles. The number of hydrogen-bond donors (Lipinski definition) is 1. The number of H-pyrrole nitrogens is 1. The van der Waals surface area contributed by atoms with Crippen LogP contribution in [0, 0.1) is 0 Å². The van der Waals surface area contributed by atoms with Crippen LogP contribution >= 0.6 is 31.9 Å². The molecule has 174 valence electrons. The SMILES string of the molecule is CCOc1cc(C=Nn2c(=O)[nH]c3ccccc3c2=O)c(Br)c(Br)c1OCC(=O)OC(C)C. The summed E-state index contributed by atoms with van der Waals surface area (Å²) in [4.78, 5) is 39.6. The van der Waals surface area contributed by atoms with E-state index in [0.717, 1.165) is 4.68 Å². The lowest BCUT2D eigenvalue weighted by Crippen LogP contribution is -2.32. The summed E-state index contributed by atoms with van der Waals surface area (Å²) in [5.41, 5.74) is -0.283. The summed E-state index contributed by atoms with van der Waals surface area (Å²) in [5, 5.41) is 4.41. The normalized spacial score (nSPS) is 11.3. The van der Waals surface area contributed by atoms with E-state index in [1.54, 1.807) is 51.1 Å². The van der Waals surface area contributed by atoms with Crippen molar-refractivity contribution >= 4 is 54.9 Å². The van der Waals surface area contributed by atoms with Crippen LogP contribution in [0.15, 0.2) is 54.0 Å². The van der Waals surface area contributed by atoms with Gasteiger partial charge in [0.05, 0.1) is 34.3 Å². The van der Waals surface area contributed by atoms with Gasteiger partial charge in [0.15, 0.2) is 18.1 Å². The van der Waals surface area contributed by atoms with Crippen LogP contribution in [0.25, 0.3) is 10.9 Å². The van der Waals surface area contributed by atoms with Crippen molar-refractivity contribution in [3.05, 3.63) is 65.7 Å². The molecule has 1 heterocycles. The highest BCUT2D eigenvalue weighted by Gasteiger charge is 2.19. The summed E-state index contributed by atoms with van der Waals surface area (Å²) in [7, 11) is 0. The lowest BCUT2D eigenvalue weighted by molar-refractivity contribution is -0.149. The van der Waals surface area contributed by atoms with Crippen LogP contribution in [0.4, 0.5) is 0 Å². The summed E-state index contributed by atoms with van der Waals surface area (Å²) in [6.45, 7) is 5.32. The summed E-state index contributed by atoms with van der Waals surface area (Å²) in [6, 6.07) is 8.29. The predicted octanol–water partition coefficient (Wildman–Crippen LogP) is 3.83. The standard InChI is InChI=1S/C22H21Br2N3O6/c1-4-31-16-9-13(18(23)19(24)20(16)32-11-17(28)33-12(2)3)10-25-27-21(29)14-7-5-6-8-15(14)26-22(27)30/h5-10,12H,4,11H2,1-3H3,(H,26,30). The van der Waals surface area contributed by atoms with E-state index in [0.29, 0.717) is 43.5 Å². The number of carbonyl (C=O) groups excluding carboxylic acids is 1. The first-order chi connectivity index (χ1) is 15.7. The molecule has 1 N–H and O–H groups in total. The summed E-state index contributed by atoms with van der Waals surface area (Å²) in [6.07, 6.45) is 1.09. The van der Waals surface area contributed by atoms with E-state index < -0.39 is 17.2 Å². The van der Waals surface area contributed by atoms with Crippen molar-refractivity contribution in [2.45, 2.75) is 26.9 Å². The monoisotopic (exact) mass is 581 g/mol. The number of esters is 1. The number of hydrogen-bond acceptors (Lipinski definition) is 7. The van der Waals surface area contributed by atoms with E-state index in [-0.39, 0.29) is 12.7 Å². The summed E-state index contributed by atoms with van der Waals surface area (Å²) >= 11 is 6.89. The number of halogens is 2. The third kappa shape index (κ3) is 5.72. The van der Waals surface area contributed by atoms with Gasteiger partial charge < -0.3 is 19.2 Å². The Morgan fingerprint density at radius 3 is 2.61 bits per heavy atom. The van der Waals surface area contributed by atoms with Crippen molar-refractivity contribution in [1.82, 2.24) is 9.66 Å². The second-order valence-corrected chi connectivity index (χ2v) is 8.60. The zero-order valence-corrected chi connectivity index (χ0v) is 21.2. The fourth-order valence-corrected chi connectivity index (χ4v) is 3.84. The fourth-order valence-electron chi connectivity index (χ4n) is 2.90. The summed E-state index contributed by atoms with van der Waals surface area (Å²) in [5.74, 6) is 0.115. The van der Waals surface area contributed by atoms with Gasteiger partial charge in [-0.2, -0.15) is 5.10 Å². The second-order valence-electron chi connectivity index (χ2n) is 7.02. The van der Waals surface area contributed by atoms with E-state index in [1.807, 2.05) is 0 Å². The molecule has 1 aromatic heterocycles. The molecule has 0 atom stereocenters. The minimum absolute atomic E-state index is 0.261. The van der Waals surface area contributed by atoms with Gasteiger partial charge in [0.25, 0.3) is 5.56 Å². The number of nitrogens with one attached hydrogen (secondary N) is 1. The minimum Gasteiger partial charge on any atom is -0.490 e. The number of nitrogens with zero attached hydrogens (tertiary/aromatic N) is 2. The molecule has 9 nitrogen and oxygen atoms in total. The Bertz CT molecular complexity index is 1330. The summed E-state index contributed by atoms with van der Waals surface area (Å²) < 4.78 is 18.1. The van der Waals surface area contributed by atoms with Crippen LogP contribution in [-0.4, -0.2) is 41.2 Å². The number of aromatic amines is 1. The zero-order valence-electron chi connectivity index (χ0n) is 18.1. The maximum absolute atomic E-state index is 12.7. The molecular formula is C22H21Br2N3O6. The lowest BCUT2D eigenvalue weighted by atomic mass is 10.2. The molecule has 0 bridgehead atoms. The Kier molecular flexibility index (Phi) is 8.09. The molecule has 11 heteroatoms. The average molecular weight is 583 g/mol. The molecule has 33 heavy (non-hydrogen) atoms. The van der Waals surface area contributed by atoms with Crippen molar-refractivity contribution in [2.24, 2.45) is 5.10 Å². The maximum Gasteiger partial charge on any atom is 0.349 e. The third-order valence-corrected chi connectivity index (χ3v) is 6.40. The number of rotatable bonds is 8. The Balaban J connectivity index is 1.98. The van der Waals surface area contributed by atoms with Gasteiger partial charge in [-0.1, -0.05) is 12.1 Å². The van der Waals surface area contributed by atoms with Gasteiger partial charge in [0, 0.05) is 10.0 Å². The van der Waals surface area contributed by atoms with Crippen molar-refractivity contribution in [1.29, 1.82) is 0 Å². The number of para-hydroxylation sites is 1. The van der Waals surface area contributed by atoms with Gasteiger partial charge in [-0.15, -0.1) is 4.68 Å². The van der Waals surface area contributed by atoms with Crippen LogP contribution in [-0.2, 0) is 9.53 Å².